The van der Waals surface area contributed by atoms with Crippen molar-refractivity contribution >= 4 is 24.4 Å². The Morgan fingerprint density at radius 1 is 0.844 bits per heavy atom. The minimum Gasteiger partial charge on any atom is -0.256 e. The van der Waals surface area contributed by atoms with Crippen LogP contribution in [0.2, 0.25) is 0 Å². The highest BCUT2D eigenvalue weighted by Gasteiger charge is 2.14. The molecule has 0 radical (unpaired) electrons. The third-order valence-corrected chi connectivity index (χ3v) is 5.56. The van der Waals surface area contributed by atoms with Crippen LogP contribution in [-0.2, 0) is 0 Å². The van der Waals surface area contributed by atoms with E-state index < -0.39 is 17.4 Å². The summed E-state index contributed by atoms with van der Waals surface area (Å²) >= 11 is 4.61. The van der Waals surface area contributed by atoms with Crippen LogP contribution in [0.3, 0.4) is 0 Å². The molecule has 0 saturated heterocycles. The first-order valence-corrected chi connectivity index (χ1v) is 10.7. The third kappa shape index (κ3) is 6.11. The number of halogens is 4. The van der Waals surface area contributed by atoms with E-state index in [0.29, 0.717) is 27.9 Å². The molecule has 4 aromatic rings. The van der Waals surface area contributed by atoms with Crippen molar-refractivity contribution in [2.45, 2.75) is 22.5 Å². The van der Waals surface area contributed by atoms with E-state index in [-0.39, 0.29) is 10.5 Å². The largest absolute Gasteiger partial charge is 0.288 e. The number of aromatic nitrogens is 2. The lowest BCUT2D eigenvalue weighted by molar-refractivity contribution is 0.252. The number of thioether (sulfide) groups is 1. The molecule has 32 heavy (non-hydrogen) atoms. The Hall–Kier alpha value is -2.84. The number of nitrogens with zero attached hydrogens (tertiary/aromatic N) is 2. The molecule has 0 aliphatic carbocycles. The van der Waals surface area contributed by atoms with Gasteiger partial charge in [0, 0.05) is 38.9 Å². The predicted octanol–water partition coefficient (Wildman–Crippen LogP) is 7.69. The van der Waals surface area contributed by atoms with Gasteiger partial charge in [0.05, 0.1) is 11.4 Å². The minimum atomic E-state index is -2.37. The summed E-state index contributed by atoms with van der Waals surface area (Å²) in [7, 11) is 0. The molecule has 0 saturated carbocycles. The highest BCUT2D eigenvalue weighted by molar-refractivity contribution is 7.99. The number of benzene rings is 2. The molecule has 2 aromatic heterocycles. The molecule has 0 spiro atoms. The molecule has 4 rings (SSSR count). The van der Waals surface area contributed by atoms with Crippen molar-refractivity contribution in [3.05, 3.63) is 96.3 Å². The summed E-state index contributed by atoms with van der Waals surface area (Å²) in [6, 6.07) is 19.0. The molecule has 2 nitrogen and oxygen atoms in total. The number of rotatable bonds is 4. The number of pyridine rings is 2. The van der Waals surface area contributed by atoms with Gasteiger partial charge >= 0.3 is 0 Å². The van der Waals surface area contributed by atoms with Crippen molar-refractivity contribution in [1.29, 1.82) is 0 Å². The maximum Gasteiger partial charge on any atom is 0.288 e. The fourth-order valence-electron chi connectivity index (χ4n) is 2.76. The van der Waals surface area contributed by atoms with Gasteiger partial charge in [-0.15, -0.1) is 12.6 Å². The summed E-state index contributed by atoms with van der Waals surface area (Å²) in [5.41, 5.74) is 2.62. The van der Waals surface area contributed by atoms with Crippen LogP contribution in [0.1, 0.15) is 5.56 Å². The second-order valence-corrected chi connectivity index (χ2v) is 8.04. The zero-order valence-corrected chi connectivity index (χ0v) is 18.6. The Balaban J connectivity index is 0.000000181. The molecule has 0 unspecified atom stereocenters. The Morgan fingerprint density at radius 3 is 1.97 bits per heavy atom. The molecule has 0 aliphatic heterocycles. The summed E-state index contributed by atoms with van der Waals surface area (Å²) in [6.07, 6.45) is 3.27. The van der Waals surface area contributed by atoms with Gasteiger partial charge in [-0.25, -0.2) is 8.78 Å². The van der Waals surface area contributed by atoms with Crippen LogP contribution in [0, 0.1) is 18.6 Å². The first-order valence-electron chi connectivity index (χ1n) is 9.42. The SMILES string of the molecule is Cc1c(F)cc(-c2ccccn2)c(S)c1F.FC(F)Sc1ccc(-c2ccccn2)cc1. The van der Waals surface area contributed by atoms with Crippen LogP contribution >= 0.6 is 24.4 Å². The Labute approximate surface area is 193 Å². The lowest BCUT2D eigenvalue weighted by atomic mass is 10.1. The second-order valence-electron chi connectivity index (χ2n) is 6.53. The number of alkyl halides is 2. The normalized spacial score (nSPS) is 10.6. The molecular weight excluding hydrogens is 456 g/mol. The zero-order valence-electron chi connectivity index (χ0n) is 16.8. The molecule has 0 amide bonds. The van der Waals surface area contributed by atoms with Crippen molar-refractivity contribution in [3.63, 3.8) is 0 Å². The van der Waals surface area contributed by atoms with Gasteiger partial charge in [-0.1, -0.05) is 36.0 Å². The number of hydrogen-bond donors (Lipinski definition) is 1. The van der Waals surface area contributed by atoms with Crippen LogP contribution in [0.5, 0.6) is 0 Å². The quantitative estimate of drug-likeness (QED) is 0.187. The van der Waals surface area contributed by atoms with E-state index in [2.05, 4.69) is 22.6 Å². The first kappa shape index (κ1) is 23.8. The third-order valence-electron chi connectivity index (χ3n) is 4.40. The van der Waals surface area contributed by atoms with Crippen LogP contribution in [-0.4, -0.2) is 15.7 Å². The number of hydrogen-bond acceptors (Lipinski definition) is 4. The van der Waals surface area contributed by atoms with Gasteiger partial charge in [0.25, 0.3) is 5.76 Å². The average molecular weight is 475 g/mol. The Morgan fingerprint density at radius 2 is 1.44 bits per heavy atom. The first-order chi connectivity index (χ1) is 15.4. The molecule has 2 heterocycles. The molecule has 0 aliphatic rings. The Kier molecular flexibility index (Phi) is 8.30. The van der Waals surface area contributed by atoms with Crippen molar-refractivity contribution in [2.24, 2.45) is 0 Å². The van der Waals surface area contributed by atoms with E-state index in [1.165, 1.54) is 13.0 Å². The van der Waals surface area contributed by atoms with Crippen molar-refractivity contribution in [3.8, 4) is 22.5 Å². The molecule has 2 aromatic carbocycles. The minimum absolute atomic E-state index is 0.0234. The Bertz CT molecular complexity index is 1160. The maximum absolute atomic E-state index is 13.6. The van der Waals surface area contributed by atoms with Crippen LogP contribution in [0.15, 0.2) is 88.9 Å². The molecule has 8 heteroatoms. The summed E-state index contributed by atoms with van der Waals surface area (Å²) in [6.45, 7) is 1.38. The van der Waals surface area contributed by atoms with Gasteiger partial charge in [-0.2, -0.15) is 8.78 Å². The molecular formula is C24H18F4N2S2. The highest BCUT2D eigenvalue weighted by atomic mass is 32.2. The van der Waals surface area contributed by atoms with Crippen molar-refractivity contribution in [2.75, 3.05) is 0 Å². The van der Waals surface area contributed by atoms with Gasteiger partial charge < -0.3 is 0 Å². The van der Waals surface area contributed by atoms with Crippen LogP contribution in [0.25, 0.3) is 22.5 Å². The predicted molar refractivity (Wildman–Crippen MR) is 123 cm³/mol. The van der Waals surface area contributed by atoms with Gasteiger partial charge in [-0.3, -0.25) is 9.97 Å². The lowest BCUT2D eigenvalue weighted by Crippen LogP contribution is -1.95. The van der Waals surface area contributed by atoms with Gasteiger partial charge in [0.15, 0.2) is 0 Å². The second kappa shape index (κ2) is 11.2. The lowest BCUT2D eigenvalue weighted by Gasteiger charge is -2.08. The fourth-order valence-corrected chi connectivity index (χ4v) is 3.61. The topological polar surface area (TPSA) is 25.8 Å². The molecule has 0 N–H and O–H groups in total. The maximum atomic E-state index is 13.6. The summed E-state index contributed by atoms with van der Waals surface area (Å²) in [5, 5.41) is 0. The van der Waals surface area contributed by atoms with Crippen molar-refractivity contribution in [1.82, 2.24) is 9.97 Å². The van der Waals surface area contributed by atoms with Gasteiger partial charge in [-0.05, 0) is 49.4 Å². The molecule has 0 fully saturated rings. The zero-order chi connectivity index (χ0) is 23.1. The molecule has 164 valence electrons. The molecule has 0 bridgehead atoms. The van der Waals surface area contributed by atoms with E-state index >= 15 is 0 Å². The van der Waals surface area contributed by atoms with Gasteiger partial charge in [0.1, 0.15) is 11.6 Å². The van der Waals surface area contributed by atoms with Crippen molar-refractivity contribution < 1.29 is 17.6 Å². The summed E-state index contributed by atoms with van der Waals surface area (Å²) < 4.78 is 51.2. The molecule has 0 atom stereocenters. The van der Waals surface area contributed by atoms with Crippen LogP contribution in [0.4, 0.5) is 17.6 Å². The highest BCUT2D eigenvalue weighted by Crippen LogP contribution is 2.30. The van der Waals surface area contributed by atoms with Gasteiger partial charge in [0.2, 0.25) is 0 Å². The summed E-state index contributed by atoms with van der Waals surface area (Å²) in [4.78, 5) is 8.91. The van der Waals surface area contributed by atoms with E-state index in [4.69, 9.17) is 0 Å². The average Bonchev–Trinajstić information content (AvgIpc) is 2.82. The van der Waals surface area contributed by atoms with E-state index in [0.717, 1.165) is 11.3 Å². The smallest absolute Gasteiger partial charge is 0.256 e. The monoisotopic (exact) mass is 474 g/mol. The van der Waals surface area contributed by atoms with E-state index in [9.17, 15) is 17.6 Å². The number of thiol groups is 1. The van der Waals surface area contributed by atoms with E-state index in [1.54, 1.807) is 54.9 Å². The van der Waals surface area contributed by atoms with Crippen LogP contribution < -0.4 is 0 Å². The fraction of sp³-hybridized carbons (Fsp3) is 0.0833. The standard InChI is InChI=1S/2C12H9F2NS/c1-7-9(13)6-8(12(16)11(7)14)10-4-2-3-5-15-10;13-12(14)16-10-6-4-9(5-7-10)11-3-1-2-8-15-11/h2-6,16H,1H3;1-8,12H. The van der Waals surface area contributed by atoms with E-state index in [1.807, 2.05) is 18.2 Å². The summed E-state index contributed by atoms with van der Waals surface area (Å²) in [5.74, 6) is -3.60.